The van der Waals surface area contributed by atoms with E-state index in [0.29, 0.717) is 0 Å². The Labute approximate surface area is 356 Å². The molecule has 61 heavy (non-hydrogen) atoms. The first kappa shape index (κ1) is 35.0. The van der Waals surface area contributed by atoms with Gasteiger partial charge in [0.05, 0.1) is 5.41 Å². The molecule has 1 unspecified atom stereocenters. The third kappa shape index (κ3) is 5.50. The molecule has 2 nitrogen and oxygen atoms in total. The van der Waals surface area contributed by atoms with Crippen LogP contribution in [0, 0.1) is 0 Å². The number of hydrogen-bond acceptors (Lipinski definition) is 2. The first-order chi connectivity index (χ1) is 30.3. The Bertz CT molecular complexity index is 3160. The number of para-hydroxylation sites is 2. The predicted octanol–water partition coefficient (Wildman–Crippen LogP) is 15.8. The molecule has 0 fully saturated rings. The van der Waals surface area contributed by atoms with Crippen LogP contribution in [0.3, 0.4) is 0 Å². The minimum absolute atomic E-state index is 0.551. The monoisotopic (exact) mass is 777 g/mol. The van der Waals surface area contributed by atoms with E-state index in [1.54, 1.807) is 0 Å². The summed E-state index contributed by atoms with van der Waals surface area (Å²) in [6.45, 7) is 0. The van der Waals surface area contributed by atoms with Gasteiger partial charge >= 0.3 is 0 Å². The Morgan fingerprint density at radius 2 is 0.803 bits per heavy atom. The van der Waals surface area contributed by atoms with Crippen LogP contribution in [-0.4, -0.2) is 0 Å². The highest BCUT2D eigenvalue weighted by atomic mass is 16.5. The predicted molar refractivity (Wildman–Crippen MR) is 252 cm³/mol. The van der Waals surface area contributed by atoms with Crippen LogP contribution in [0.2, 0.25) is 0 Å². The molecular weight excluding hydrogens is 739 g/mol. The van der Waals surface area contributed by atoms with E-state index in [0.717, 1.165) is 45.3 Å². The van der Waals surface area contributed by atoms with Crippen molar-refractivity contribution >= 4 is 27.8 Å². The molecule has 0 amide bonds. The fourth-order valence-corrected chi connectivity index (χ4v) is 10.0. The van der Waals surface area contributed by atoms with Gasteiger partial charge in [0.2, 0.25) is 0 Å². The summed E-state index contributed by atoms with van der Waals surface area (Å²) in [5.41, 5.74) is 17.1. The van der Waals surface area contributed by atoms with Crippen LogP contribution in [0.25, 0.3) is 55.3 Å². The van der Waals surface area contributed by atoms with Gasteiger partial charge in [0, 0.05) is 33.8 Å². The summed E-state index contributed by atoms with van der Waals surface area (Å²) >= 11 is 0. The third-order valence-corrected chi connectivity index (χ3v) is 12.8. The van der Waals surface area contributed by atoms with Crippen molar-refractivity contribution in [1.82, 2.24) is 0 Å². The van der Waals surface area contributed by atoms with Gasteiger partial charge in [-0.1, -0.05) is 194 Å². The normalized spacial score (nSPS) is 14.4. The maximum atomic E-state index is 7.07. The van der Waals surface area contributed by atoms with E-state index in [-0.39, 0.29) is 0 Å². The summed E-state index contributed by atoms with van der Waals surface area (Å²) in [5.74, 6) is 1.79. The first-order valence-corrected chi connectivity index (χ1v) is 21.0. The second kappa shape index (κ2) is 14.1. The van der Waals surface area contributed by atoms with Crippen molar-refractivity contribution in [3.63, 3.8) is 0 Å². The highest BCUT2D eigenvalue weighted by Crippen LogP contribution is 2.64. The van der Waals surface area contributed by atoms with Crippen LogP contribution >= 0.6 is 0 Å². The zero-order valence-electron chi connectivity index (χ0n) is 33.4. The summed E-state index contributed by atoms with van der Waals surface area (Å²) < 4.78 is 7.07. The Morgan fingerprint density at radius 1 is 0.311 bits per heavy atom. The lowest BCUT2D eigenvalue weighted by molar-refractivity contribution is 0.438. The molecule has 12 rings (SSSR count). The van der Waals surface area contributed by atoms with Crippen LogP contribution in [0.15, 0.2) is 237 Å². The van der Waals surface area contributed by atoms with Crippen LogP contribution in [0.5, 0.6) is 11.5 Å². The van der Waals surface area contributed by atoms with Crippen molar-refractivity contribution in [2.24, 2.45) is 0 Å². The minimum atomic E-state index is -0.551. The first-order valence-electron chi connectivity index (χ1n) is 21.0. The highest BCUT2D eigenvalue weighted by Gasteiger charge is 2.51. The number of hydrogen-bond donors (Lipinski definition) is 0. The molecule has 10 aromatic rings. The van der Waals surface area contributed by atoms with E-state index in [9.17, 15) is 0 Å². The molecule has 10 aromatic carbocycles. The Hall–Kier alpha value is -7.94. The molecule has 1 aliphatic carbocycles. The zero-order chi connectivity index (χ0) is 40.3. The lowest BCUT2D eigenvalue weighted by atomic mass is 9.65. The van der Waals surface area contributed by atoms with Crippen LogP contribution in [-0.2, 0) is 5.41 Å². The zero-order valence-corrected chi connectivity index (χ0v) is 33.4. The lowest BCUT2D eigenvalue weighted by Gasteiger charge is -2.40. The second-order valence-electron chi connectivity index (χ2n) is 16.0. The molecule has 0 bridgehead atoms. The number of rotatable bonds is 6. The quantitative estimate of drug-likeness (QED) is 0.167. The van der Waals surface area contributed by atoms with Crippen molar-refractivity contribution in [3.05, 3.63) is 259 Å². The molecule has 2 heteroatoms. The van der Waals surface area contributed by atoms with Gasteiger partial charge in [-0.2, -0.15) is 0 Å². The van der Waals surface area contributed by atoms with E-state index in [1.165, 1.54) is 60.8 Å². The van der Waals surface area contributed by atoms with Gasteiger partial charge in [-0.3, -0.25) is 0 Å². The number of benzene rings is 10. The van der Waals surface area contributed by atoms with Gasteiger partial charge in [0.1, 0.15) is 11.5 Å². The SMILES string of the molecule is c1ccc(-c2ccc(N(c3ccc(-c4ccccc4)cc3)c3ccc(-c4cccc5c4Oc4ccccc4C54c5ccccc5-c5c4ccc4ccccc54)cc3)cc2)cc1. The Balaban J connectivity index is 0.993. The minimum Gasteiger partial charge on any atom is -0.456 e. The van der Waals surface area contributed by atoms with E-state index < -0.39 is 5.41 Å². The lowest BCUT2D eigenvalue weighted by Crippen LogP contribution is -2.32. The largest absolute Gasteiger partial charge is 0.456 e. The molecule has 0 saturated heterocycles. The van der Waals surface area contributed by atoms with Crippen LogP contribution < -0.4 is 9.64 Å². The summed E-state index contributed by atoms with van der Waals surface area (Å²) in [6, 6.07) is 85.6. The molecule has 1 atom stereocenters. The van der Waals surface area contributed by atoms with Crippen molar-refractivity contribution in [3.8, 4) is 56.0 Å². The van der Waals surface area contributed by atoms with Crippen molar-refractivity contribution in [1.29, 1.82) is 0 Å². The van der Waals surface area contributed by atoms with Gasteiger partial charge < -0.3 is 9.64 Å². The molecule has 0 aromatic heterocycles. The van der Waals surface area contributed by atoms with E-state index in [1.807, 2.05) is 0 Å². The molecule has 1 spiro atoms. The third-order valence-electron chi connectivity index (χ3n) is 12.8. The summed E-state index contributed by atoms with van der Waals surface area (Å²) in [5, 5.41) is 2.52. The molecule has 0 saturated carbocycles. The highest BCUT2D eigenvalue weighted by molar-refractivity contribution is 6.05. The molecule has 286 valence electrons. The second-order valence-corrected chi connectivity index (χ2v) is 16.0. The Morgan fingerprint density at radius 3 is 1.46 bits per heavy atom. The van der Waals surface area contributed by atoms with E-state index in [2.05, 4.69) is 241 Å². The molecule has 2 aliphatic rings. The van der Waals surface area contributed by atoms with Gasteiger partial charge in [-0.25, -0.2) is 0 Å². The molecule has 0 N–H and O–H groups in total. The number of fused-ring (bicyclic) bond motifs is 11. The van der Waals surface area contributed by atoms with Crippen molar-refractivity contribution < 1.29 is 4.74 Å². The molecular formula is C59H39NO. The van der Waals surface area contributed by atoms with Crippen LogP contribution in [0.1, 0.15) is 22.3 Å². The maximum absolute atomic E-state index is 7.07. The summed E-state index contributed by atoms with van der Waals surface area (Å²) in [6.07, 6.45) is 0. The summed E-state index contributed by atoms with van der Waals surface area (Å²) in [7, 11) is 0. The smallest absolute Gasteiger partial charge is 0.140 e. The average Bonchev–Trinajstić information content (AvgIpc) is 3.64. The van der Waals surface area contributed by atoms with Gasteiger partial charge in [0.25, 0.3) is 0 Å². The fraction of sp³-hybridized carbons (Fsp3) is 0.0169. The van der Waals surface area contributed by atoms with Gasteiger partial charge in [-0.15, -0.1) is 0 Å². The number of ether oxygens (including phenoxy) is 1. The fourth-order valence-electron chi connectivity index (χ4n) is 10.0. The maximum Gasteiger partial charge on any atom is 0.140 e. The average molecular weight is 778 g/mol. The Kier molecular flexibility index (Phi) is 8.11. The van der Waals surface area contributed by atoms with Crippen LogP contribution in [0.4, 0.5) is 17.1 Å². The van der Waals surface area contributed by atoms with E-state index in [4.69, 9.17) is 4.74 Å². The van der Waals surface area contributed by atoms with Gasteiger partial charge in [-0.05, 0) is 103 Å². The van der Waals surface area contributed by atoms with E-state index >= 15 is 0 Å². The number of nitrogens with zero attached hydrogens (tertiary/aromatic N) is 1. The van der Waals surface area contributed by atoms with Gasteiger partial charge in [0.15, 0.2) is 0 Å². The summed E-state index contributed by atoms with van der Waals surface area (Å²) in [4.78, 5) is 2.34. The molecule has 0 radical (unpaired) electrons. The number of anilines is 3. The van der Waals surface area contributed by atoms with Crippen molar-refractivity contribution in [2.45, 2.75) is 5.41 Å². The molecule has 1 heterocycles. The molecule has 1 aliphatic heterocycles. The standard InChI is InChI=1S/C59H39NO/c1-3-14-40(15-4-1)42-26-33-46(34-27-42)60(47-35-28-43(29-36-47)41-16-5-2-6-17-41)48-37-30-45(31-38-48)50-21-13-24-55-58(50)61-56-25-12-11-23-53(56)59(55)52-22-10-9-20-51(52)57-49-19-8-7-18-44(49)32-39-54(57)59/h1-39H. The topological polar surface area (TPSA) is 12.5 Å². The van der Waals surface area contributed by atoms with Crippen molar-refractivity contribution in [2.75, 3.05) is 4.90 Å².